The molecule has 552 valence electrons. The van der Waals surface area contributed by atoms with Crippen LogP contribution in [0.25, 0.3) is 51.6 Å². The summed E-state index contributed by atoms with van der Waals surface area (Å²) in [6.07, 6.45) is 26.8. The summed E-state index contributed by atoms with van der Waals surface area (Å²) in [6.45, 7) is 6.94. The number of cyclic esters (lactones) is 1. The Balaban J connectivity index is 0.000000140. The third kappa shape index (κ3) is 18.0. The van der Waals surface area contributed by atoms with Crippen LogP contribution in [0.5, 0.6) is 0 Å². The van der Waals surface area contributed by atoms with Crippen molar-refractivity contribution in [3.8, 4) is 33.4 Å². The van der Waals surface area contributed by atoms with E-state index in [9.17, 15) is 41.9 Å². The van der Waals surface area contributed by atoms with Gasteiger partial charge < -0.3 is 55.6 Å². The molecule has 6 aliphatic carbocycles. The number of nitrogens with zero attached hydrogens (tertiary/aromatic N) is 3. The standard InChI is InChI=1S/C28H31FN2O4.C27H31FN4O3.C27H30FN3O4/c1-2-34-28(33)31-23-9-10-24-19(14-23)12-20-16-35-27(32)26(20)25(24)11-8-22-7-6-18(15-30-22)17-4-3-5-21(29)13-17;1-2-35-27(34)30-21-9-10-22-18(13-21)14-24-25(32-26(33)31-24)23(22)11-8-20-7-6-17(15-29-20)16-4-3-5-19(28)12-16;1-2-34-26(32)30-21-9-10-22-18(13-21)14-24-25(35-27(33)31-24)23(22)11-8-20-7-6-17(15-29-20)16-4-3-5-19(28)12-16/h3-8,11,13,15,19-20,23-26H,2,9-10,12,14,16H2,1H3,(H,31,33);3-8,11-12,15,18,21-25H,2,9-10,13-14H2,1H3,(H,30,34)(H2,31,32,33);3-8,11-12,15,18,21-25H,2,9-10,13-14H2,1H3,(H,30,32)(H,31,33)/b3*11-8+/t19-,20-,23-,24-,25+,26+;2*18-,21+,22+,23-,24+,25-/m100/s1. The van der Waals surface area contributed by atoms with E-state index >= 15 is 0 Å². The Labute approximate surface area is 609 Å². The summed E-state index contributed by atoms with van der Waals surface area (Å²) in [5.74, 6) is 1.81. The van der Waals surface area contributed by atoms with Crippen LogP contribution in [-0.2, 0) is 28.5 Å². The second-order valence-corrected chi connectivity index (χ2v) is 29.1. The molecule has 15 rings (SSSR count). The van der Waals surface area contributed by atoms with Crippen molar-refractivity contribution >= 4 is 54.6 Å². The van der Waals surface area contributed by atoms with Crippen LogP contribution >= 0.6 is 0 Å². The number of allylic oxidation sites excluding steroid dienone is 1. The number of ether oxygens (including phenoxy) is 5. The normalized spacial score (nSPS) is 29.7. The van der Waals surface area contributed by atoms with E-state index in [1.807, 2.05) is 72.8 Å². The van der Waals surface area contributed by atoms with Gasteiger partial charge in [-0.05, 0) is 229 Å². The molecule has 23 heteroatoms. The molecule has 3 aromatic heterocycles. The molecule has 9 fully saturated rings. The van der Waals surface area contributed by atoms with E-state index in [0.717, 1.165) is 128 Å². The monoisotopic (exact) mass is 1440 g/mol. The lowest BCUT2D eigenvalue weighted by Crippen LogP contribution is -2.53. The van der Waals surface area contributed by atoms with Crippen molar-refractivity contribution < 1.29 is 65.6 Å². The maximum absolute atomic E-state index is 13.6. The van der Waals surface area contributed by atoms with Gasteiger partial charge in [0.05, 0.1) is 67.6 Å². The lowest BCUT2D eigenvalue weighted by atomic mass is 9.58. The van der Waals surface area contributed by atoms with Crippen LogP contribution in [0.15, 0.2) is 146 Å². The number of carbonyl (C=O) groups is 6. The zero-order valence-corrected chi connectivity index (χ0v) is 59.3. The van der Waals surface area contributed by atoms with Gasteiger partial charge in [-0.1, -0.05) is 72.8 Å². The molecule has 3 saturated heterocycles. The van der Waals surface area contributed by atoms with Crippen molar-refractivity contribution in [2.24, 2.45) is 65.1 Å². The van der Waals surface area contributed by atoms with E-state index < -0.39 is 0 Å². The molecule has 6 amide bonds. The number of benzene rings is 3. The molecule has 0 bridgehead atoms. The molecule has 105 heavy (non-hydrogen) atoms. The van der Waals surface area contributed by atoms with Gasteiger partial charge >= 0.3 is 36.4 Å². The van der Waals surface area contributed by atoms with E-state index in [1.54, 1.807) is 57.6 Å². The number of carbonyl (C=O) groups excluding carboxylic acids is 6. The molecular formula is C82H92F3N9O11. The highest BCUT2D eigenvalue weighted by Gasteiger charge is 2.54. The molecule has 18 atom stereocenters. The van der Waals surface area contributed by atoms with Crippen LogP contribution in [0.1, 0.15) is 115 Å². The molecule has 20 nitrogen and oxygen atoms in total. The summed E-state index contributed by atoms with van der Waals surface area (Å²) in [6, 6.07) is 31.2. The van der Waals surface area contributed by atoms with Gasteiger partial charge in [0, 0.05) is 71.2 Å². The molecule has 9 aliphatic rings. The Morgan fingerprint density at radius 1 is 0.476 bits per heavy atom. The van der Waals surface area contributed by atoms with Crippen molar-refractivity contribution in [2.45, 2.75) is 140 Å². The zero-order chi connectivity index (χ0) is 73.1. The van der Waals surface area contributed by atoms with Crippen molar-refractivity contribution in [3.05, 3.63) is 181 Å². The van der Waals surface area contributed by atoms with Gasteiger partial charge in [-0.2, -0.15) is 0 Å². The summed E-state index contributed by atoms with van der Waals surface area (Å²) in [5.41, 5.74) is 7.33. The smallest absolute Gasteiger partial charge is 0.407 e. The van der Waals surface area contributed by atoms with Crippen LogP contribution < -0.4 is 31.9 Å². The Morgan fingerprint density at radius 2 is 0.895 bits per heavy atom. The number of nitrogens with one attached hydrogen (secondary N) is 6. The van der Waals surface area contributed by atoms with E-state index in [2.05, 4.69) is 65.1 Å². The van der Waals surface area contributed by atoms with Crippen molar-refractivity contribution in [1.29, 1.82) is 0 Å². The van der Waals surface area contributed by atoms with Gasteiger partial charge in [-0.15, -0.1) is 0 Å². The first-order valence-electron chi connectivity index (χ1n) is 37.2. The van der Waals surface area contributed by atoms with E-state index in [1.165, 1.54) is 36.4 Å². The Morgan fingerprint density at radius 3 is 1.33 bits per heavy atom. The van der Waals surface area contributed by atoms with E-state index in [0.29, 0.717) is 61.9 Å². The van der Waals surface area contributed by atoms with E-state index in [4.69, 9.17) is 23.7 Å². The molecule has 6 N–H and O–H groups in total. The minimum Gasteiger partial charge on any atom is -0.465 e. The third-order valence-electron chi connectivity index (χ3n) is 22.8. The first-order valence-corrected chi connectivity index (χ1v) is 37.2. The molecule has 6 saturated carbocycles. The maximum Gasteiger partial charge on any atom is 0.407 e. The molecule has 6 aromatic rings. The highest BCUT2D eigenvalue weighted by Crippen LogP contribution is 2.53. The SMILES string of the molecule is CCOC(=O)N[C@@H]1CC[C@@H]2[C@@H](C1)C[C@@H]1COC(=O)[C@@H]1[C@H]2/C=C/c1ccc(-c2cccc(F)c2)cn1.CCOC(=O)N[C@@H]1CC[C@@H]2[C@@H](C1)C[C@H]1NC(=O)N[C@H]1[C@H]2/C=C/c1ccc(-c2cccc(F)c2)cn1.CCOC(=O)N[C@@H]1CC[C@@H]2[C@@H](C1)C[C@H]1NC(=O)O[C@H]1[C@H]2/C=C/c1ccc(-c2cccc(F)c2)cn1. The summed E-state index contributed by atoms with van der Waals surface area (Å²) in [4.78, 5) is 86.2. The molecule has 6 heterocycles. The van der Waals surface area contributed by atoms with Gasteiger partial charge in [0.2, 0.25) is 0 Å². The molecule has 0 radical (unpaired) electrons. The lowest BCUT2D eigenvalue weighted by Gasteiger charge is -2.47. The number of hydrogen-bond donors (Lipinski definition) is 6. The van der Waals surface area contributed by atoms with Gasteiger partial charge in [0.15, 0.2) is 0 Å². The second kappa shape index (κ2) is 33.8. The maximum atomic E-state index is 13.6. The van der Waals surface area contributed by atoms with Crippen molar-refractivity contribution in [3.63, 3.8) is 0 Å². The number of alkyl carbamates (subject to hydrolysis) is 4. The number of pyridine rings is 3. The van der Waals surface area contributed by atoms with Crippen LogP contribution in [-0.4, -0.2) is 120 Å². The van der Waals surface area contributed by atoms with Gasteiger partial charge in [0.1, 0.15) is 23.6 Å². The van der Waals surface area contributed by atoms with Crippen LogP contribution in [0.4, 0.5) is 37.1 Å². The molecule has 0 spiro atoms. The van der Waals surface area contributed by atoms with Gasteiger partial charge in [0.25, 0.3) is 0 Å². The first kappa shape index (κ1) is 73.3. The third-order valence-corrected chi connectivity index (χ3v) is 22.8. The fourth-order valence-electron chi connectivity index (χ4n) is 18.3. The van der Waals surface area contributed by atoms with Crippen molar-refractivity contribution in [1.82, 2.24) is 46.9 Å². The van der Waals surface area contributed by atoms with Crippen LogP contribution in [0.3, 0.4) is 0 Å². The Bertz CT molecular complexity index is 3940. The summed E-state index contributed by atoms with van der Waals surface area (Å²) in [7, 11) is 0. The molecule has 3 aromatic carbocycles. The number of rotatable bonds is 15. The molecule has 0 unspecified atom stereocenters. The van der Waals surface area contributed by atoms with E-state index in [-0.39, 0.29) is 126 Å². The van der Waals surface area contributed by atoms with Gasteiger partial charge in [-0.25, -0.2) is 37.1 Å². The number of hydrogen-bond acceptors (Lipinski definition) is 14. The summed E-state index contributed by atoms with van der Waals surface area (Å²) >= 11 is 0. The fraction of sp³-hybridized carbons (Fsp3) is 0.451. The number of amides is 6. The highest BCUT2D eigenvalue weighted by molar-refractivity contribution is 5.78. The average Bonchev–Trinajstić information content (AvgIpc) is 1.69. The van der Waals surface area contributed by atoms with Crippen LogP contribution in [0.2, 0.25) is 0 Å². The first-order chi connectivity index (χ1) is 51.0. The summed E-state index contributed by atoms with van der Waals surface area (Å²) < 4.78 is 67.0. The van der Waals surface area contributed by atoms with Crippen molar-refractivity contribution in [2.75, 3.05) is 26.4 Å². The topological polar surface area (TPSA) is 259 Å². The minimum atomic E-state index is -0.369. The largest absolute Gasteiger partial charge is 0.465 e. The lowest BCUT2D eigenvalue weighted by molar-refractivity contribution is -0.143. The number of esters is 1. The predicted octanol–water partition coefficient (Wildman–Crippen LogP) is 14.7. The zero-order valence-electron chi connectivity index (χ0n) is 59.3. The quantitative estimate of drug-likeness (QED) is 0.0413. The highest BCUT2D eigenvalue weighted by atomic mass is 19.1. The van der Waals surface area contributed by atoms with Crippen LogP contribution in [0, 0.1) is 82.5 Å². The number of aromatic nitrogens is 3. The second-order valence-electron chi connectivity index (χ2n) is 29.1. The van der Waals surface area contributed by atoms with Gasteiger partial charge in [-0.3, -0.25) is 19.7 Å². The Hall–Kier alpha value is -10.1. The predicted molar refractivity (Wildman–Crippen MR) is 389 cm³/mol. The fourth-order valence-corrected chi connectivity index (χ4v) is 18.3. The summed E-state index contributed by atoms with van der Waals surface area (Å²) in [5, 5.41) is 18.2. The molecular weight excluding hydrogens is 1340 g/mol. The number of urea groups is 1. The minimum absolute atomic E-state index is 0.0388. The Kier molecular flexibility index (Phi) is 23.6. The number of fused-ring (bicyclic) bond motifs is 6. The number of halogens is 3. The molecule has 3 aliphatic heterocycles. The average molecular weight is 1440 g/mol.